The fourth-order valence-corrected chi connectivity index (χ4v) is 3.22. The van der Waals surface area contributed by atoms with Crippen molar-refractivity contribution in [2.75, 3.05) is 18.1 Å². The van der Waals surface area contributed by atoms with Gasteiger partial charge in [0.05, 0.1) is 6.61 Å². The standard InChI is InChI=1S/C17H16BrNO2/c18-15-6-7-17-14(11-15)10-13-4-1-2-5-16(13)19(17)8-3-9-21-12-20/h1-2,4-7,11-12H,3,8-10H2. The number of benzene rings is 2. The molecule has 0 radical (unpaired) electrons. The smallest absolute Gasteiger partial charge is 0.293 e. The molecule has 4 heteroatoms. The summed E-state index contributed by atoms with van der Waals surface area (Å²) in [6.07, 6.45) is 1.76. The van der Waals surface area contributed by atoms with Crippen molar-refractivity contribution in [1.29, 1.82) is 0 Å². The minimum atomic E-state index is 0.452. The summed E-state index contributed by atoms with van der Waals surface area (Å²) in [5, 5.41) is 0. The van der Waals surface area contributed by atoms with Crippen LogP contribution in [0.25, 0.3) is 0 Å². The maximum absolute atomic E-state index is 10.2. The minimum absolute atomic E-state index is 0.452. The van der Waals surface area contributed by atoms with E-state index < -0.39 is 0 Å². The van der Waals surface area contributed by atoms with Crippen LogP contribution in [-0.4, -0.2) is 19.6 Å². The Morgan fingerprint density at radius 1 is 1.14 bits per heavy atom. The lowest BCUT2D eigenvalue weighted by atomic mass is 9.95. The van der Waals surface area contributed by atoms with Gasteiger partial charge >= 0.3 is 0 Å². The highest BCUT2D eigenvalue weighted by Gasteiger charge is 2.21. The Hall–Kier alpha value is -1.81. The van der Waals surface area contributed by atoms with Gasteiger partial charge in [-0.05, 0) is 41.8 Å². The van der Waals surface area contributed by atoms with Crippen LogP contribution in [0, 0.1) is 0 Å². The molecular weight excluding hydrogens is 330 g/mol. The van der Waals surface area contributed by atoms with Crippen LogP contribution in [0.5, 0.6) is 0 Å². The zero-order valence-corrected chi connectivity index (χ0v) is 13.2. The van der Waals surface area contributed by atoms with Crippen LogP contribution in [0.3, 0.4) is 0 Å². The second kappa shape index (κ2) is 6.31. The molecule has 0 fully saturated rings. The number of ether oxygens (including phenoxy) is 1. The van der Waals surface area contributed by atoms with Gasteiger partial charge in [-0.2, -0.15) is 0 Å². The lowest BCUT2D eigenvalue weighted by molar-refractivity contribution is -0.128. The zero-order valence-electron chi connectivity index (χ0n) is 11.6. The van der Waals surface area contributed by atoms with Crippen molar-refractivity contribution in [2.45, 2.75) is 12.8 Å². The number of halogens is 1. The molecule has 0 bridgehead atoms. The highest BCUT2D eigenvalue weighted by molar-refractivity contribution is 9.10. The summed E-state index contributed by atoms with van der Waals surface area (Å²) >= 11 is 3.55. The summed E-state index contributed by atoms with van der Waals surface area (Å²) in [6, 6.07) is 14.9. The molecule has 0 unspecified atom stereocenters. The van der Waals surface area contributed by atoms with E-state index in [0.717, 1.165) is 23.9 Å². The van der Waals surface area contributed by atoms with Gasteiger partial charge in [0.15, 0.2) is 0 Å². The van der Waals surface area contributed by atoms with Crippen molar-refractivity contribution in [2.24, 2.45) is 0 Å². The first-order chi connectivity index (χ1) is 10.3. The number of carbonyl (C=O) groups is 1. The van der Waals surface area contributed by atoms with Crippen molar-refractivity contribution in [1.82, 2.24) is 0 Å². The van der Waals surface area contributed by atoms with Crippen LogP contribution in [0.1, 0.15) is 17.5 Å². The van der Waals surface area contributed by atoms with Crippen molar-refractivity contribution in [3.63, 3.8) is 0 Å². The molecule has 0 N–H and O–H groups in total. The highest BCUT2D eigenvalue weighted by Crippen LogP contribution is 2.39. The Labute approximate surface area is 132 Å². The molecule has 2 aromatic carbocycles. The molecular formula is C17H16BrNO2. The molecule has 1 aliphatic heterocycles. The maximum atomic E-state index is 10.2. The molecule has 108 valence electrons. The van der Waals surface area contributed by atoms with Crippen LogP contribution >= 0.6 is 15.9 Å². The lowest BCUT2D eigenvalue weighted by Crippen LogP contribution is -2.25. The van der Waals surface area contributed by atoms with Gasteiger partial charge in [-0.25, -0.2) is 0 Å². The van der Waals surface area contributed by atoms with Crippen LogP contribution in [0.15, 0.2) is 46.9 Å². The third kappa shape index (κ3) is 2.95. The summed E-state index contributed by atoms with van der Waals surface area (Å²) in [5.74, 6) is 0. The molecule has 3 rings (SSSR count). The summed E-state index contributed by atoms with van der Waals surface area (Å²) in [5.41, 5.74) is 5.14. The molecule has 0 spiro atoms. The SMILES string of the molecule is O=COCCCN1c2ccccc2Cc2cc(Br)ccc21. The summed E-state index contributed by atoms with van der Waals surface area (Å²) < 4.78 is 5.91. The van der Waals surface area contributed by atoms with Crippen molar-refractivity contribution >= 4 is 33.8 Å². The van der Waals surface area contributed by atoms with E-state index in [9.17, 15) is 4.79 Å². The Bertz CT molecular complexity index is 657. The zero-order chi connectivity index (χ0) is 14.7. The topological polar surface area (TPSA) is 29.5 Å². The number of hydrogen-bond acceptors (Lipinski definition) is 3. The minimum Gasteiger partial charge on any atom is -0.468 e. The Balaban J connectivity index is 1.92. The van der Waals surface area contributed by atoms with Crippen LogP contribution in [-0.2, 0) is 16.0 Å². The summed E-state index contributed by atoms with van der Waals surface area (Å²) in [7, 11) is 0. The summed E-state index contributed by atoms with van der Waals surface area (Å²) in [6.45, 7) is 1.79. The average molecular weight is 346 g/mol. The molecule has 0 atom stereocenters. The molecule has 1 aliphatic rings. The fraction of sp³-hybridized carbons (Fsp3) is 0.235. The molecule has 0 aromatic heterocycles. The fourth-order valence-electron chi connectivity index (χ4n) is 2.81. The van der Waals surface area contributed by atoms with Crippen molar-refractivity contribution in [3.8, 4) is 0 Å². The van der Waals surface area contributed by atoms with E-state index in [-0.39, 0.29) is 0 Å². The average Bonchev–Trinajstić information content (AvgIpc) is 2.50. The van der Waals surface area contributed by atoms with Gasteiger partial charge in [0, 0.05) is 28.8 Å². The predicted molar refractivity (Wildman–Crippen MR) is 87.0 cm³/mol. The maximum Gasteiger partial charge on any atom is 0.293 e. The molecule has 0 aliphatic carbocycles. The molecule has 1 heterocycles. The van der Waals surface area contributed by atoms with Crippen LogP contribution in [0.4, 0.5) is 11.4 Å². The number of fused-ring (bicyclic) bond motifs is 2. The lowest BCUT2D eigenvalue weighted by Gasteiger charge is -2.33. The highest BCUT2D eigenvalue weighted by atomic mass is 79.9. The Kier molecular flexibility index (Phi) is 4.25. The second-order valence-corrected chi connectivity index (χ2v) is 5.97. The van der Waals surface area contributed by atoms with Gasteiger partial charge in [0.2, 0.25) is 0 Å². The molecule has 21 heavy (non-hydrogen) atoms. The van der Waals surface area contributed by atoms with E-state index in [1.54, 1.807) is 0 Å². The number of anilines is 2. The first kappa shape index (κ1) is 14.1. The van der Waals surface area contributed by atoms with E-state index in [1.807, 2.05) is 0 Å². The monoisotopic (exact) mass is 345 g/mol. The van der Waals surface area contributed by atoms with E-state index in [0.29, 0.717) is 13.1 Å². The normalized spacial score (nSPS) is 12.5. The van der Waals surface area contributed by atoms with Gasteiger partial charge in [0.25, 0.3) is 6.47 Å². The largest absolute Gasteiger partial charge is 0.468 e. The third-order valence-corrected chi connectivity index (χ3v) is 4.20. The van der Waals surface area contributed by atoms with E-state index in [4.69, 9.17) is 4.74 Å². The van der Waals surface area contributed by atoms with Gasteiger partial charge < -0.3 is 9.64 Å². The predicted octanol–water partition coefficient (Wildman–Crippen LogP) is 4.05. The first-order valence-corrected chi connectivity index (χ1v) is 7.78. The van der Waals surface area contributed by atoms with Crippen LogP contribution in [0.2, 0.25) is 0 Å². The van der Waals surface area contributed by atoms with E-state index in [1.165, 1.54) is 22.5 Å². The van der Waals surface area contributed by atoms with Crippen molar-refractivity contribution in [3.05, 3.63) is 58.1 Å². The number of para-hydroxylation sites is 1. The third-order valence-electron chi connectivity index (χ3n) is 3.71. The van der Waals surface area contributed by atoms with Gasteiger partial charge in [-0.1, -0.05) is 34.1 Å². The quantitative estimate of drug-likeness (QED) is 0.604. The number of hydrogen-bond donors (Lipinski definition) is 0. The molecule has 0 saturated heterocycles. The molecule has 0 saturated carbocycles. The number of nitrogens with zero attached hydrogens (tertiary/aromatic N) is 1. The van der Waals surface area contributed by atoms with Gasteiger partial charge in [0.1, 0.15) is 0 Å². The van der Waals surface area contributed by atoms with Crippen LogP contribution < -0.4 is 4.90 Å². The molecule has 0 amide bonds. The van der Waals surface area contributed by atoms with Crippen molar-refractivity contribution < 1.29 is 9.53 Å². The Morgan fingerprint density at radius 2 is 1.95 bits per heavy atom. The van der Waals surface area contributed by atoms with E-state index >= 15 is 0 Å². The van der Waals surface area contributed by atoms with Gasteiger partial charge in [-0.3, -0.25) is 4.79 Å². The second-order valence-electron chi connectivity index (χ2n) is 5.05. The number of rotatable bonds is 5. The molecule has 2 aromatic rings. The molecule has 3 nitrogen and oxygen atoms in total. The van der Waals surface area contributed by atoms with E-state index in [2.05, 4.69) is 63.3 Å². The Morgan fingerprint density at radius 3 is 2.81 bits per heavy atom. The number of carbonyl (C=O) groups excluding carboxylic acids is 1. The summed E-state index contributed by atoms with van der Waals surface area (Å²) in [4.78, 5) is 12.6. The first-order valence-electron chi connectivity index (χ1n) is 6.98. The van der Waals surface area contributed by atoms with Gasteiger partial charge in [-0.15, -0.1) is 0 Å².